The van der Waals surface area contributed by atoms with Crippen LogP contribution in [0.4, 0.5) is 0 Å². The first-order chi connectivity index (χ1) is 27.5. The van der Waals surface area contributed by atoms with E-state index in [1.165, 1.54) is 80.7 Å². The monoisotopic (exact) mass is 834 g/mol. The number of hydrogen-bond acceptors (Lipinski definition) is 0. The van der Waals surface area contributed by atoms with E-state index in [0.29, 0.717) is 0 Å². The molecule has 280 valence electrons. The van der Waals surface area contributed by atoms with E-state index >= 15 is 0 Å². The maximum atomic E-state index is 6.97. The Morgan fingerprint density at radius 3 is 1.93 bits per heavy atom. The van der Waals surface area contributed by atoms with Crippen LogP contribution in [0.2, 0.25) is 5.02 Å². The van der Waals surface area contributed by atoms with E-state index in [-0.39, 0.29) is 10.8 Å². The van der Waals surface area contributed by atoms with Gasteiger partial charge in [-0.1, -0.05) is 0 Å². The minimum absolute atomic E-state index is 0.0359. The molecule has 0 atom stereocenters. The predicted octanol–water partition coefficient (Wildman–Crippen LogP) is 14.3. The van der Waals surface area contributed by atoms with Gasteiger partial charge in [-0.05, 0) is 0 Å². The summed E-state index contributed by atoms with van der Waals surface area (Å²) in [5, 5.41) is 3.34. The minimum atomic E-state index is -3.22. The summed E-state index contributed by atoms with van der Waals surface area (Å²) in [6.07, 6.45) is 9.05. The van der Waals surface area contributed by atoms with Gasteiger partial charge in [0, 0.05) is 0 Å². The summed E-state index contributed by atoms with van der Waals surface area (Å²) < 4.78 is 4.70. The maximum absolute atomic E-state index is 6.97. The predicted molar refractivity (Wildman–Crippen MR) is 243 cm³/mol. The number of rotatable bonds is 6. The van der Waals surface area contributed by atoms with Crippen LogP contribution in [0.3, 0.4) is 0 Å². The second-order valence-electron chi connectivity index (χ2n) is 17.8. The van der Waals surface area contributed by atoms with Crippen LogP contribution in [0.25, 0.3) is 44.2 Å². The van der Waals surface area contributed by atoms with Gasteiger partial charge in [-0.2, -0.15) is 0 Å². The summed E-state index contributed by atoms with van der Waals surface area (Å²) in [6.45, 7) is 14.3. The van der Waals surface area contributed by atoms with Gasteiger partial charge < -0.3 is 0 Å². The third-order valence-electron chi connectivity index (χ3n) is 11.9. The summed E-state index contributed by atoms with van der Waals surface area (Å²) >= 11 is 3.75. The normalized spacial score (nSPS) is 14.1. The van der Waals surface area contributed by atoms with Crippen LogP contribution in [0.1, 0.15) is 81.3 Å². The molecule has 0 saturated heterocycles. The molecule has 57 heavy (non-hydrogen) atoms. The van der Waals surface area contributed by atoms with Crippen molar-refractivity contribution in [3.05, 3.63) is 206 Å². The van der Waals surface area contributed by atoms with Gasteiger partial charge in [0.1, 0.15) is 0 Å². The molecule has 0 heterocycles. The van der Waals surface area contributed by atoms with Gasteiger partial charge in [0.05, 0.1) is 0 Å². The molecule has 0 unspecified atom stereocenters. The van der Waals surface area contributed by atoms with Crippen molar-refractivity contribution >= 4 is 28.9 Å². The molecule has 0 N–H and O–H groups in total. The molecule has 2 heteroatoms. The SMILES string of the molecule is CC(C)(C)c1cc2c(cc1-c1ccccc1)Cc1c-2cc(C(C)(C)C)c(-c2ccccc2)[c]1/[Zr]([C]1=CC=CC1)=[C](\c1cccc(Cl)c1)c1cccc2ccccc12. The van der Waals surface area contributed by atoms with Crippen molar-refractivity contribution in [3.8, 4) is 33.4 Å². The molecule has 0 amide bonds. The first kappa shape index (κ1) is 37.9. The Kier molecular flexibility index (Phi) is 9.92. The Bertz CT molecular complexity index is 2780. The standard InChI is InChI=1S/C33H33.C17H11Cl.C5H5.Zr/c1-32(2,3)30-20-26-24(18-28(30)22-13-9-7-10-14-22)17-25-19-29(23-15-11-8-12-16-23)31(21-27(25)26)33(4,5)6;18-16-9-3-5-13(12-16)11-15-8-4-7-14-6-1-2-10-17(14)15;1-2-4-5-3-1;/h7-16,18,20-21H,17H2,1-6H3;1-10,12H;1-3H,4H2;. The second-order valence-corrected chi connectivity index (χ2v) is 24.1. The van der Waals surface area contributed by atoms with Crippen molar-refractivity contribution in [1.29, 1.82) is 0 Å². The fraction of sp³-hybridized carbons (Fsp3) is 0.182. The van der Waals surface area contributed by atoms with Crippen molar-refractivity contribution in [1.82, 2.24) is 0 Å². The van der Waals surface area contributed by atoms with Crippen LogP contribution in [-0.2, 0) is 38.5 Å². The molecule has 0 nitrogen and oxygen atoms in total. The average Bonchev–Trinajstić information content (AvgIpc) is 3.87. The van der Waals surface area contributed by atoms with Gasteiger partial charge in [-0.25, -0.2) is 0 Å². The van der Waals surface area contributed by atoms with Crippen LogP contribution in [0, 0.1) is 0 Å². The topological polar surface area (TPSA) is 0 Å². The van der Waals surface area contributed by atoms with E-state index in [1.54, 1.807) is 6.55 Å². The molecule has 2 aliphatic carbocycles. The molecule has 0 fully saturated rings. The van der Waals surface area contributed by atoms with E-state index in [1.807, 2.05) is 6.07 Å². The zero-order valence-corrected chi connectivity index (χ0v) is 37.1. The molecule has 2 aliphatic rings. The summed E-state index contributed by atoms with van der Waals surface area (Å²) in [4.78, 5) is 0. The zero-order valence-electron chi connectivity index (χ0n) is 33.9. The molecular formula is C55H49ClZr. The Hall–Kier alpha value is -4.68. The first-order valence-electron chi connectivity index (χ1n) is 20.3. The summed E-state index contributed by atoms with van der Waals surface area (Å²) in [6, 6.07) is 54.6. The van der Waals surface area contributed by atoms with Crippen LogP contribution < -0.4 is 3.27 Å². The van der Waals surface area contributed by atoms with Crippen LogP contribution in [0.5, 0.6) is 0 Å². The van der Waals surface area contributed by atoms with Crippen LogP contribution in [-0.4, -0.2) is 3.21 Å². The van der Waals surface area contributed by atoms with E-state index < -0.39 is 21.3 Å². The Morgan fingerprint density at radius 2 is 1.25 bits per heavy atom. The van der Waals surface area contributed by atoms with Crippen molar-refractivity contribution in [3.63, 3.8) is 0 Å². The number of halogens is 1. The second kappa shape index (κ2) is 14.9. The number of allylic oxidation sites excluding steroid dienone is 4. The number of fused-ring (bicyclic) bond motifs is 4. The van der Waals surface area contributed by atoms with Crippen molar-refractivity contribution in [2.75, 3.05) is 0 Å². The van der Waals surface area contributed by atoms with Gasteiger partial charge in [-0.3, -0.25) is 0 Å². The van der Waals surface area contributed by atoms with Crippen molar-refractivity contribution in [2.45, 2.75) is 65.2 Å². The fourth-order valence-corrected chi connectivity index (χ4v) is 17.9. The van der Waals surface area contributed by atoms with Gasteiger partial charge in [0.15, 0.2) is 0 Å². The molecule has 0 spiro atoms. The number of hydrogen-bond donors (Lipinski definition) is 0. The quantitative estimate of drug-likeness (QED) is 0.157. The molecule has 7 aromatic carbocycles. The van der Waals surface area contributed by atoms with Gasteiger partial charge >= 0.3 is 354 Å². The van der Waals surface area contributed by atoms with Crippen LogP contribution >= 0.6 is 11.6 Å². The van der Waals surface area contributed by atoms with E-state index in [4.69, 9.17) is 11.6 Å². The van der Waals surface area contributed by atoms with Gasteiger partial charge in [-0.15, -0.1) is 0 Å². The molecule has 0 aromatic heterocycles. The number of benzene rings is 7. The van der Waals surface area contributed by atoms with Gasteiger partial charge in [0.2, 0.25) is 0 Å². The molecule has 0 bridgehead atoms. The summed E-state index contributed by atoms with van der Waals surface area (Å²) in [5.41, 5.74) is 16.4. The summed E-state index contributed by atoms with van der Waals surface area (Å²) in [7, 11) is 0. The molecule has 9 rings (SSSR count). The molecular weight excluding hydrogens is 787 g/mol. The Balaban J connectivity index is 1.48. The third-order valence-corrected chi connectivity index (χ3v) is 19.8. The van der Waals surface area contributed by atoms with Crippen molar-refractivity contribution in [2.24, 2.45) is 0 Å². The van der Waals surface area contributed by atoms with Gasteiger partial charge in [0.25, 0.3) is 0 Å². The third kappa shape index (κ3) is 7.02. The molecule has 0 saturated carbocycles. The van der Waals surface area contributed by atoms with E-state index in [9.17, 15) is 0 Å². The van der Waals surface area contributed by atoms with Crippen molar-refractivity contribution < 1.29 is 21.3 Å². The Morgan fingerprint density at radius 1 is 0.596 bits per heavy atom. The fourth-order valence-electron chi connectivity index (χ4n) is 9.23. The molecule has 7 aromatic rings. The summed E-state index contributed by atoms with van der Waals surface area (Å²) in [5.74, 6) is 0. The molecule has 0 aliphatic heterocycles. The Labute approximate surface area is 351 Å². The van der Waals surface area contributed by atoms with Crippen LogP contribution in [0.15, 0.2) is 167 Å². The molecule has 0 radical (unpaired) electrons. The zero-order chi connectivity index (χ0) is 39.5. The first-order valence-corrected chi connectivity index (χ1v) is 24.4. The van der Waals surface area contributed by atoms with E-state index in [0.717, 1.165) is 17.9 Å². The van der Waals surface area contributed by atoms with E-state index in [2.05, 4.69) is 199 Å². The average molecular weight is 837 g/mol.